The van der Waals surface area contributed by atoms with Gasteiger partial charge in [0.15, 0.2) is 6.29 Å². The maximum Gasteiger partial charge on any atom is 0.220 e. The summed E-state index contributed by atoms with van der Waals surface area (Å²) in [6.45, 7) is 3.77. The smallest absolute Gasteiger partial charge is 0.220 e. The molecule has 0 aliphatic carbocycles. The zero-order valence-electron chi connectivity index (χ0n) is 31.9. The van der Waals surface area contributed by atoms with Gasteiger partial charge in [0.2, 0.25) is 5.91 Å². The Balaban J connectivity index is 2.43. The van der Waals surface area contributed by atoms with Gasteiger partial charge >= 0.3 is 0 Å². The van der Waals surface area contributed by atoms with E-state index in [1.165, 1.54) is 83.5 Å². The topological polar surface area (TPSA) is 149 Å². The summed E-state index contributed by atoms with van der Waals surface area (Å²) in [5, 5.41) is 54.1. The van der Waals surface area contributed by atoms with E-state index in [2.05, 4.69) is 43.5 Å². The molecule has 1 aliphatic heterocycles. The molecule has 294 valence electrons. The Morgan fingerprint density at radius 1 is 0.660 bits per heavy atom. The van der Waals surface area contributed by atoms with Crippen LogP contribution < -0.4 is 5.32 Å². The van der Waals surface area contributed by atoms with Gasteiger partial charge in [-0.3, -0.25) is 4.79 Å². The minimum Gasteiger partial charge on any atom is -0.394 e. The molecule has 0 aromatic heterocycles. The van der Waals surface area contributed by atoms with E-state index in [1.807, 2.05) is 0 Å². The van der Waals surface area contributed by atoms with Crippen LogP contribution in [0.4, 0.5) is 0 Å². The number of carbonyl (C=O) groups excluding carboxylic acids is 1. The minimum absolute atomic E-state index is 0.153. The van der Waals surface area contributed by atoms with Gasteiger partial charge in [-0.2, -0.15) is 0 Å². The van der Waals surface area contributed by atoms with Crippen molar-refractivity contribution in [3.05, 3.63) is 24.3 Å². The first-order chi connectivity index (χ1) is 24.3. The van der Waals surface area contributed by atoms with E-state index in [1.54, 1.807) is 0 Å². The normalized spacial score (nSPS) is 22.4. The van der Waals surface area contributed by atoms with Crippen LogP contribution in [0.3, 0.4) is 0 Å². The number of aliphatic hydroxyl groups excluding tert-OH is 5. The molecule has 1 aliphatic rings. The second-order valence-corrected chi connectivity index (χ2v) is 14.4. The lowest BCUT2D eigenvalue weighted by Gasteiger charge is -2.40. The summed E-state index contributed by atoms with van der Waals surface area (Å²) in [6, 6.07) is -0.735. The first-order valence-corrected chi connectivity index (χ1v) is 20.5. The molecule has 0 spiro atoms. The van der Waals surface area contributed by atoms with E-state index >= 15 is 0 Å². The van der Waals surface area contributed by atoms with Gasteiger partial charge < -0.3 is 40.3 Å². The fourth-order valence-corrected chi connectivity index (χ4v) is 6.38. The van der Waals surface area contributed by atoms with E-state index in [-0.39, 0.29) is 12.5 Å². The highest BCUT2D eigenvalue weighted by Gasteiger charge is 2.44. The van der Waals surface area contributed by atoms with E-state index in [0.29, 0.717) is 12.8 Å². The van der Waals surface area contributed by atoms with Crippen molar-refractivity contribution in [3.8, 4) is 0 Å². The standard InChI is InChI=1S/C41H77NO8/c1-3-5-7-9-11-13-15-17-19-20-22-24-26-28-30-35(44)34(33-49-41-40(48)39(47)38(46)36(32-43)50-41)42-37(45)31-29-27-25-23-21-18-16-14-12-10-8-6-4-2/h14,16,20,22,34-36,38-41,43-44,46-48H,3-13,15,17-19,21,23-33H2,1-2H3,(H,42,45)/b16-14+,22-20+/t34-,35+,36+,38+,39?,40?,41+/m0/s1. The number of ether oxygens (including phenoxy) is 2. The van der Waals surface area contributed by atoms with Crippen LogP contribution in [-0.4, -0.2) is 87.5 Å². The van der Waals surface area contributed by atoms with Crippen LogP contribution in [0.2, 0.25) is 0 Å². The maximum atomic E-state index is 12.9. The summed E-state index contributed by atoms with van der Waals surface area (Å²) in [6.07, 6.45) is 29.0. The summed E-state index contributed by atoms with van der Waals surface area (Å²) < 4.78 is 11.2. The molecule has 7 atom stereocenters. The SMILES string of the molecule is CCCCCC/C=C/CCCCCCCC(=O)N[C@@H](CO[C@@H]1O[C@H](CO)[C@@H](O)C(O)C1O)[C@H](O)CCCC/C=C/CCCCCCCCCC. The van der Waals surface area contributed by atoms with E-state index in [0.717, 1.165) is 64.2 Å². The molecule has 2 unspecified atom stereocenters. The molecule has 0 aromatic carbocycles. The van der Waals surface area contributed by atoms with Crippen molar-refractivity contribution in [2.24, 2.45) is 0 Å². The lowest BCUT2D eigenvalue weighted by atomic mass is 9.99. The molecule has 1 amide bonds. The van der Waals surface area contributed by atoms with Gasteiger partial charge in [0, 0.05) is 6.42 Å². The molecule has 0 aromatic rings. The largest absolute Gasteiger partial charge is 0.394 e. The molecule has 1 rings (SSSR count). The van der Waals surface area contributed by atoms with Crippen LogP contribution in [0, 0.1) is 0 Å². The summed E-state index contributed by atoms with van der Waals surface area (Å²) in [5.41, 5.74) is 0. The van der Waals surface area contributed by atoms with Gasteiger partial charge in [-0.25, -0.2) is 0 Å². The van der Waals surface area contributed by atoms with Crippen LogP contribution in [0.15, 0.2) is 24.3 Å². The molecule has 0 radical (unpaired) electrons. The summed E-state index contributed by atoms with van der Waals surface area (Å²) in [7, 11) is 0. The van der Waals surface area contributed by atoms with E-state index in [4.69, 9.17) is 9.47 Å². The average molecular weight is 712 g/mol. The van der Waals surface area contributed by atoms with Crippen molar-refractivity contribution < 1.29 is 39.8 Å². The molecule has 1 fully saturated rings. The highest BCUT2D eigenvalue weighted by Crippen LogP contribution is 2.23. The molecule has 1 saturated heterocycles. The zero-order chi connectivity index (χ0) is 36.7. The van der Waals surface area contributed by atoms with E-state index in [9.17, 15) is 30.3 Å². The lowest BCUT2D eigenvalue weighted by molar-refractivity contribution is -0.302. The second kappa shape index (κ2) is 32.3. The summed E-state index contributed by atoms with van der Waals surface area (Å²) >= 11 is 0. The first-order valence-electron chi connectivity index (χ1n) is 20.5. The Kier molecular flexibility index (Phi) is 30.2. The number of aliphatic hydroxyl groups is 5. The number of amides is 1. The lowest BCUT2D eigenvalue weighted by Crippen LogP contribution is -2.60. The van der Waals surface area contributed by atoms with Crippen LogP contribution >= 0.6 is 0 Å². The average Bonchev–Trinajstić information content (AvgIpc) is 3.11. The number of nitrogens with one attached hydrogen (secondary N) is 1. The number of carbonyl (C=O) groups is 1. The molecule has 9 nitrogen and oxygen atoms in total. The van der Waals surface area contributed by atoms with Crippen molar-refractivity contribution in [2.75, 3.05) is 13.2 Å². The number of allylic oxidation sites excluding steroid dienone is 4. The molecule has 6 N–H and O–H groups in total. The predicted molar refractivity (Wildman–Crippen MR) is 203 cm³/mol. The van der Waals surface area contributed by atoms with Gasteiger partial charge in [0.1, 0.15) is 24.4 Å². The third-order valence-corrected chi connectivity index (χ3v) is 9.78. The molecule has 0 bridgehead atoms. The predicted octanol–water partition coefficient (Wildman–Crippen LogP) is 7.55. The minimum atomic E-state index is -1.56. The third kappa shape index (κ3) is 23.3. The second-order valence-electron chi connectivity index (χ2n) is 14.4. The molecule has 1 heterocycles. The van der Waals surface area contributed by atoms with Gasteiger partial charge in [-0.1, -0.05) is 128 Å². The van der Waals surface area contributed by atoms with Crippen LogP contribution in [0.1, 0.15) is 174 Å². The van der Waals surface area contributed by atoms with Gasteiger partial charge in [0.05, 0.1) is 25.4 Å². The van der Waals surface area contributed by atoms with Crippen molar-refractivity contribution in [2.45, 2.75) is 217 Å². The Labute approximate surface area is 305 Å². The highest BCUT2D eigenvalue weighted by atomic mass is 16.7. The molecular weight excluding hydrogens is 634 g/mol. The van der Waals surface area contributed by atoms with Crippen molar-refractivity contribution in [1.82, 2.24) is 5.32 Å². The Morgan fingerprint density at radius 3 is 1.64 bits per heavy atom. The molecular formula is C41H77NO8. The fourth-order valence-electron chi connectivity index (χ4n) is 6.38. The van der Waals surface area contributed by atoms with Gasteiger partial charge in [-0.05, 0) is 64.2 Å². The quantitative estimate of drug-likeness (QED) is 0.0302. The van der Waals surface area contributed by atoms with Crippen LogP contribution in [0.25, 0.3) is 0 Å². The van der Waals surface area contributed by atoms with Crippen LogP contribution in [-0.2, 0) is 14.3 Å². The van der Waals surface area contributed by atoms with Crippen molar-refractivity contribution in [3.63, 3.8) is 0 Å². The molecule has 50 heavy (non-hydrogen) atoms. The van der Waals surface area contributed by atoms with Crippen molar-refractivity contribution in [1.29, 1.82) is 0 Å². The zero-order valence-corrected chi connectivity index (χ0v) is 31.9. The van der Waals surface area contributed by atoms with Crippen molar-refractivity contribution >= 4 is 5.91 Å². The fraction of sp³-hybridized carbons (Fsp3) is 0.878. The Bertz CT molecular complexity index is 837. The monoisotopic (exact) mass is 712 g/mol. The van der Waals surface area contributed by atoms with E-state index < -0.39 is 49.5 Å². The maximum absolute atomic E-state index is 12.9. The number of hydrogen-bond acceptors (Lipinski definition) is 8. The van der Waals surface area contributed by atoms with Crippen LogP contribution in [0.5, 0.6) is 0 Å². The Morgan fingerprint density at radius 2 is 1.12 bits per heavy atom. The van der Waals surface area contributed by atoms with Gasteiger partial charge in [-0.15, -0.1) is 0 Å². The third-order valence-electron chi connectivity index (χ3n) is 9.78. The summed E-state index contributed by atoms with van der Waals surface area (Å²) in [5.74, 6) is -0.165. The Hall–Kier alpha value is -1.33. The number of rotatable bonds is 33. The summed E-state index contributed by atoms with van der Waals surface area (Å²) in [4.78, 5) is 12.9. The van der Waals surface area contributed by atoms with Gasteiger partial charge in [0.25, 0.3) is 0 Å². The number of unbranched alkanes of at least 4 members (excludes halogenated alkanes) is 19. The first kappa shape index (κ1) is 46.7. The molecule has 9 heteroatoms. The number of hydrogen-bond donors (Lipinski definition) is 6. The molecule has 0 saturated carbocycles. The highest BCUT2D eigenvalue weighted by molar-refractivity contribution is 5.76.